The summed E-state index contributed by atoms with van der Waals surface area (Å²) in [5, 5.41) is 14.4. The van der Waals surface area contributed by atoms with Gasteiger partial charge >= 0.3 is 0 Å². The molecule has 0 saturated heterocycles. The topological polar surface area (TPSA) is 87.7 Å². The van der Waals surface area contributed by atoms with Gasteiger partial charge in [-0.3, -0.25) is 4.79 Å². The Bertz CT molecular complexity index is 481. The molecule has 5 nitrogen and oxygen atoms in total. The summed E-state index contributed by atoms with van der Waals surface area (Å²) in [6, 6.07) is 7.82. The first-order valence-corrected chi connectivity index (χ1v) is 6.15. The van der Waals surface area contributed by atoms with Crippen molar-refractivity contribution in [3.63, 3.8) is 0 Å². The number of aryl methyl sites for hydroxylation is 1. The van der Waals surface area contributed by atoms with Crippen LogP contribution in [-0.2, 0) is 11.2 Å². The van der Waals surface area contributed by atoms with Crippen LogP contribution in [0.15, 0.2) is 29.4 Å². The van der Waals surface area contributed by atoms with Crippen LogP contribution in [0.25, 0.3) is 0 Å². The van der Waals surface area contributed by atoms with Crippen LogP contribution in [0.3, 0.4) is 0 Å². The zero-order valence-electron chi connectivity index (χ0n) is 11.6. The van der Waals surface area contributed by atoms with E-state index in [0.29, 0.717) is 13.0 Å². The molecule has 0 fully saturated rings. The molecule has 0 spiro atoms. The molecule has 19 heavy (non-hydrogen) atoms. The number of carbonyl (C=O) groups excluding carboxylic acids is 1. The first-order valence-electron chi connectivity index (χ1n) is 6.15. The molecular formula is C14H21N3O2. The zero-order chi connectivity index (χ0) is 14.5. The average molecular weight is 263 g/mol. The van der Waals surface area contributed by atoms with E-state index >= 15 is 0 Å². The van der Waals surface area contributed by atoms with Crippen molar-refractivity contribution in [3.05, 3.63) is 35.4 Å². The van der Waals surface area contributed by atoms with Crippen molar-refractivity contribution in [2.75, 3.05) is 6.54 Å². The van der Waals surface area contributed by atoms with E-state index in [0.717, 1.165) is 11.1 Å². The van der Waals surface area contributed by atoms with E-state index in [1.165, 1.54) is 0 Å². The number of nitrogens with one attached hydrogen (secondary N) is 1. The van der Waals surface area contributed by atoms with Gasteiger partial charge in [0, 0.05) is 12.0 Å². The Hall–Kier alpha value is -2.04. The van der Waals surface area contributed by atoms with Gasteiger partial charge in [0.05, 0.1) is 6.42 Å². The number of amides is 1. The van der Waals surface area contributed by atoms with Crippen LogP contribution in [0, 0.1) is 12.3 Å². The molecule has 0 aliphatic heterocycles. The Kier molecular flexibility index (Phi) is 4.92. The van der Waals surface area contributed by atoms with E-state index < -0.39 is 5.41 Å². The Morgan fingerprint density at radius 1 is 1.47 bits per heavy atom. The lowest BCUT2D eigenvalue weighted by Crippen LogP contribution is -2.43. The molecule has 1 aromatic carbocycles. The van der Waals surface area contributed by atoms with Gasteiger partial charge in [-0.1, -0.05) is 48.8 Å². The number of benzene rings is 1. The highest BCUT2D eigenvalue weighted by Crippen LogP contribution is 2.13. The minimum atomic E-state index is -0.572. The van der Waals surface area contributed by atoms with Crippen LogP contribution >= 0.6 is 0 Å². The minimum absolute atomic E-state index is 0.0792. The predicted molar refractivity (Wildman–Crippen MR) is 75.1 cm³/mol. The van der Waals surface area contributed by atoms with Crippen molar-refractivity contribution in [2.24, 2.45) is 16.3 Å². The molecule has 1 aromatic rings. The first-order chi connectivity index (χ1) is 8.85. The molecule has 4 N–H and O–H groups in total. The number of nitrogens with zero attached hydrogens (tertiary/aromatic N) is 1. The lowest BCUT2D eigenvalue weighted by Gasteiger charge is -2.23. The molecule has 5 heteroatoms. The number of rotatable bonds is 5. The molecule has 1 amide bonds. The number of hydrogen-bond acceptors (Lipinski definition) is 3. The summed E-state index contributed by atoms with van der Waals surface area (Å²) in [5.41, 5.74) is 7.08. The molecule has 0 atom stereocenters. The minimum Gasteiger partial charge on any atom is -0.409 e. The lowest BCUT2D eigenvalue weighted by molar-refractivity contribution is -0.120. The number of nitrogens with two attached hydrogens (primary N) is 1. The van der Waals surface area contributed by atoms with E-state index in [9.17, 15) is 4.79 Å². The zero-order valence-corrected chi connectivity index (χ0v) is 11.6. The van der Waals surface area contributed by atoms with Crippen molar-refractivity contribution < 1.29 is 10.0 Å². The molecule has 104 valence electrons. The maximum atomic E-state index is 11.8. The van der Waals surface area contributed by atoms with Gasteiger partial charge in [0.2, 0.25) is 5.91 Å². The van der Waals surface area contributed by atoms with Gasteiger partial charge in [0.15, 0.2) is 0 Å². The second-order valence-corrected chi connectivity index (χ2v) is 5.31. The highest BCUT2D eigenvalue weighted by Gasteiger charge is 2.24. The highest BCUT2D eigenvalue weighted by atomic mass is 16.4. The normalized spacial score (nSPS) is 12.3. The predicted octanol–water partition coefficient (Wildman–Crippen LogP) is 1.43. The van der Waals surface area contributed by atoms with Gasteiger partial charge in [0.25, 0.3) is 0 Å². The molecule has 0 bridgehead atoms. The lowest BCUT2D eigenvalue weighted by atomic mass is 9.92. The van der Waals surface area contributed by atoms with Crippen LogP contribution in [-0.4, -0.2) is 23.5 Å². The number of amidine groups is 1. The van der Waals surface area contributed by atoms with Crippen LogP contribution in [0.4, 0.5) is 0 Å². The Morgan fingerprint density at radius 3 is 2.74 bits per heavy atom. The fraction of sp³-hybridized carbons (Fsp3) is 0.429. The maximum absolute atomic E-state index is 11.8. The second kappa shape index (κ2) is 6.22. The summed E-state index contributed by atoms with van der Waals surface area (Å²) < 4.78 is 0. The summed E-state index contributed by atoms with van der Waals surface area (Å²) >= 11 is 0. The second-order valence-electron chi connectivity index (χ2n) is 5.31. The Balaban J connectivity index is 2.53. The van der Waals surface area contributed by atoms with Gasteiger partial charge in [0.1, 0.15) is 5.84 Å². The largest absolute Gasteiger partial charge is 0.409 e. The van der Waals surface area contributed by atoms with Gasteiger partial charge in [-0.05, 0) is 12.5 Å². The molecule has 1 rings (SSSR count). The fourth-order valence-corrected chi connectivity index (χ4v) is 1.62. The first kappa shape index (κ1) is 15.0. The van der Waals surface area contributed by atoms with Crippen LogP contribution < -0.4 is 11.1 Å². The summed E-state index contributed by atoms with van der Waals surface area (Å²) in [7, 11) is 0. The third-order valence-electron chi connectivity index (χ3n) is 2.98. The molecule has 0 aromatic heterocycles. The average Bonchev–Trinajstić information content (AvgIpc) is 2.35. The van der Waals surface area contributed by atoms with E-state index in [2.05, 4.69) is 10.5 Å². The fourth-order valence-electron chi connectivity index (χ4n) is 1.62. The summed E-state index contributed by atoms with van der Waals surface area (Å²) in [4.78, 5) is 11.8. The third kappa shape index (κ3) is 4.62. The number of carbonyl (C=O) groups is 1. The van der Waals surface area contributed by atoms with Crippen LogP contribution in [0.2, 0.25) is 0 Å². The van der Waals surface area contributed by atoms with Crippen molar-refractivity contribution in [3.8, 4) is 0 Å². The van der Waals surface area contributed by atoms with E-state index in [1.54, 1.807) is 13.8 Å². The van der Waals surface area contributed by atoms with Crippen molar-refractivity contribution in [2.45, 2.75) is 27.2 Å². The van der Waals surface area contributed by atoms with Crippen LogP contribution in [0.5, 0.6) is 0 Å². The number of oxime groups is 1. The molecule has 0 aliphatic rings. The summed E-state index contributed by atoms with van der Waals surface area (Å²) in [6.07, 6.45) is 0.327. The highest BCUT2D eigenvalue weighted by molar-refractivity contribution is 5.86. The smallest absolute Gasteiger partial charge is 0.224 e. The monoisotopic (exact) mass is 263 g/mol. The van der Waals surface area contributed by atoms with Crippen LogP contribution in [0.1, 0.15) is 25.0 Å². The number of hydrogen-bond donors (Lipinski definition) is 3. The Labute approximate surface area is 113 Å². The molecule has 0 saturated carbocycles. The molecular weight excluding hydrogens is 242 g/mol. The van der Waals surface area contributed by atoms with Crippen molar-refractivity contribution >= 4 is 11.7 Å². The quantitative estimate of drug-likeness (QED) is 0.325. The summed E-state index contributed by atoms with van der Waals surface area (Å²) in [6.45, 7) is 5.92. The van der Waals surface area contributed by atoms with Gasteiger partial charge < -0.3 is 16.3 Å². The van der Waals surface area contributed by atoms with E-state index in [-0.39, 0.29) is 11.7 Å². The molecule has 0 aliphatic carbocycles. The van der Waals surface area contributed by atoms with E-state index in [4.69, 9.17) is 10.9 Å². The van der Waals surface area contributed by atoms with Gasteiger partial charge in [-0.25, -0.2) is 0 Å². The maximum Gasteiger partial charge on any atom is 0.224 e. The third-order valence-corrected chi connectivity index (χ3v) is 2.98. The van der Waals surface area contributed by atoms with Gasteiger partial charge in [-0.2, -0.15) is 0 Å². The van der Waals surface area contributed by atoms with Crippen molar-refractivity contribution in [1.29, 1.82) is 0 Å². The SMILES string of the molecule is Cc1cccc(CC(=O)NCC(C)(C)/C(N)=N/O)c1. The molecule has 0 heterocycles. The van der Waals surface area contributed by atoms with E-state index in [1.807, 2.05) is 31.2 Å². The summed E-state index contributed by atoms with van der Waals surface area (Å²) in [5.74, 6) is 0.0211. The van der Waals surface area contributed by atoms with Crippen molar-refractivity contribution in [1.82, 2.24) is 5.32 Å². The Morgan fingerprint density at radius 2 is 2.16 bits per heavy atom. The standard InChI is InChI=1S/C14H21N3O2/c1-10-5-4-6-11(7-10)8-12(18)16-9-14(2,3)13(15)17-19/h4-7,19H,8-9H2,1-3H3,(H2,15,17)(H,16,18). The molecule has 0 radical (unpaired) electrons. The van der Waals surface area contributed by atoms with Gasteiger partial charge in [-0.15, -0.1) is 0 Å². The molecule has 0 unspecified atom stereocenters.